The van der Waals surface area contributed by atoms with Crippen molar-refractivity contribution in [1.29, 1.82) is 0 Å². The Morgan fingerprint density at radius 3 is 1.13 bits per heavy atom. The van der Waals surface area contributed by atoms with Crippen molar-refractivity contribution in [1.82, 2.24) is 0 Å². The molecule has 45 heavy (non-hydrogen) atoms. The normalized spacial score (nSPS) is 13.4. The number of unbranched alkanes of at least 4 members (excludes halogenated alkanes) is 24. The molecule has 1 unspecified atom stereocenters. The fourth-order valence-electron chi connectivity index (χ4n) is 6.11. The Hall–Kier alpha value is -0.0416. The molecule has 0 rings (SSSR count). The van der Waals surface area contributed by atoms with Gasteiger partial charge in [-0.3, -0.25) is 0 Å². The first kappa shape index (κ1) is 45.0. The molecular formula is C42H85AsO2. The number of rotatable bonds is 37. The summed E-state index contributed by atoms with van der Waals surface area (Å²) in [5.74, 6) is 0. The van der Waals surface area contributed by atoms with E-state index in [4.69, 9.17) is 9.47 Å². The molecule has 0 aromatic carbocycles. The molecule has 0 amide bonds. The van der Waals surface area contributed by atoms with Gasteiger partial charge in [0.25, 0.3) is 0 Å². The summed E-state index contributed by atoms with van der Waals surface area (Å²) in [6, 6.07) is 0. The Bertz CT molecular complexity index is 608. The summed E-state index contributed by atoms with van der Waals surface area (Å²) in [6.07, 6.45) is 48.0. The minimum Gasteiger partial charge on any atom is -0.0885 e. The monoisotopic (exact) mass is 697 g/mol. The van der Waals surface area contributed by atoms with Gasteiger partial charge in [-0.25, -0.2) is 0 Å². The Morgan fingerprint density at radius 1 is 0.422 bits per heavy atom. The second-order valence-electron chi connectivity index (χ2n) is 15.2. The topological polar surface area (TPSA) is 18.5 Å². The predicted octanol–water partition coefficient (Wildman–Crippen LogP) is 14.5. The quantitative estimate of drug-likeness (QED) is 0.0366. The van der Waals surface area contributed by atoms with Crippen molar-refractivity contribution < 1.29 is 9.47 Å². The summed E-state index contributed by atoms with van der Waals surface area (Å²) in [7, 11) is 0. The van der Waals surface area contributed by atoms with Crippen LogP contribution >= 0.6 is 0 Å². The number of hydrogen-bond donors (Lipinski definition) is 0. The summed E-state index contributed by atoms with van der Waals surface area (Å²) >= 11 is -1.67. The summed E-state index contributed by atoms with van der Waals surface area (Å²) in [5, 5.41) is 1.26. The Balaban J connectivity index is 3.63. The van der Waals surface area contributed by atoms with E-state index in [2.05, 4.69) is 55.3 Å². The molecule has 0 bridgehead atoms. The van der Waals surface area contributed by atoms with Gasteiger partial charge in [-0.2, -0.15) is 0 Å². The van der Waals surface area contributed by atoms with E-state index < -0.39 is 13.6 Å². The molecular weight excluding hydrogens is 611 g/mol. The third-order valence-corrected chi connectivity index (χ3v) is 12.5. The summed E-state index contributed by atoms with van der Waals surface area (Å²) in [5.41, 5.74) is 7.52. The zero-order valence-electron chi connectivity index (χ0n) is 31.8. The van der Waals surface area contributed by atoms with E-state index in [1.54, 1.807) is 0 Å². The van der Waals surface area contributed by atoms with Crippen LogP contribution in [0.15, 0.2) is 24.3 Å². The molecule has 0 aromatic rings. The average Bonchev–Trinajstić information content (AvgIpc) is 3.01. The summed E-state index contributed by atoms with van der Waals surface area (Å²) in [4.78, 5) is 0. The van der Waals surface area contributed by atoms with Crippen LogP contribution < -0.4 is 0 Å². The number of hydrogen-bond acceptors (Lipinski definition) is 2. The van der Waals surface area contributed by atoms with Crippen LogP contribution in [0.3, 0.4) is 0 Å². The van der Waals surface area contributed by atoms with Crippen LogP contribution in [0.2, 0.25) is 22.3 Å². The first-order valence-corrected chi connectivity index (χ1v) is 28.3. The Morgan fingerprint density at radius 2 is 0.756 bits per heavy atom. The molecule has 0 aliphatic rings. The van der Waals surface area contributed by atoms with Crippen molar-refractivity contribution in [3.05, 3.63) is 24.3 Å². The van der Waals surface area contributed by atoms with Gasteiger partial charge in [-0.1, -0.05) is 96.3 Å². The van der Waals surface area contributed by atoms with E-state index in [-0.39, 0.29) is 0 Å². The van der Waals surface area contributed by atoms with Gasteiger partial charge in [-0.15, -0.1) is 0 Å². The zero-order valence-corrected chi connectivity index (χ0v) is 33.9. The fourth-order valence-corrected chi connectivity index (χ4v) is 9.48. The fraction of sp³-hybridized carbons (Fsp3) is 0.905. The first-order chi connectivity index (χ1) is 22.0. The predicted molar refractivity (Wildman–Crippen MR) is 209 cm³/mol. The van der Waals surface area contributed by atoms with E-state index in [1.807, 2.05) is 0 Å². The van der Waals surface area contributed by atoms with Crippen LogP contribution in [0.5, 0.6) is 0 Å². The van der Waals surface area contributed by atoms with Crippen molar-refractivity contribution in [2.45, 2.75) is 222 Å². The van der Waals surface area contributed by atoms with Crippen molar-refractivity contribution in [3.8, 4) is 0 Å². The molecule has 2 nitrogen and oxygen atoms in total. The van der Waals surface area contributed by atoms with Gasteiger partial charge < -0.3 is 0 Å². The van der Waals surface area contributed by atoms with Crippen LogP contribution in [0.4, 0.5) is 0 Å². The van der Waals surface area contributed by atoms with Gasteiger partial charge in [0.1, 0.15) is 0 Å². The molecule has 0 aromatic heterocycles. The molecule has 0 spiro atoms. The second-order valence-corrected chi connectivity index (χ2v) is 26.8. The minimum atomic E-state index is -1.67. The molecule has 0 radical (unpaired) electrons. The van der Waals surface area contributed by atoms with Gasteiger partial charge in [0.15, 0.2) is 0 Å². The van der Waals surface area contributed by atoms with Gasteiger partial charge in [0.2, 0.25) is 0 Å². The van der Waals surface area contributed by atoms with E-state index in [0.717, 1.165) is 19.8 Å². The second kappa shape index (κ2) is 36.8. The molecule has 270 valence electrons. The molecule has 1 atom stereocenters. The molecule has 0 N–H and O–H groups in total. The van der Waals surface area contributed by atoms with Crippen molar-refractivity contribution in [2.24, 2.45) is 0 Å². The van der Waals surface area contributed by atoms with Gasteiger partial charge >= 0.3 is 167 Å². The third kappa shape index (κ3) is 40.0. The standard InChI is InChI=1S/C42H85AsO2/c1-6-8-10-12-14-16-18-20-22-24-26-28-30-32-34-36-38-44-41-42(40-43(3,4)5)45-39-37-35-33-31-29-27-25-23-21-19-17-15-13-11-9-7-2/h20-23,42-43H,6-19,24-41H2,1-5H3/b22-20-,23-21-. The van der Waals surface area contributed by atoms with Crippen LogP contribution in [0.25, 0.3) is 0 Å². The third-order valence-electron chi connectivity index (χ3n) is 8.95. The molecule has 0 aliphatic heterocycles. The smallest absolute Gasteiger partial charge is 0.0885 e. The minimum absolute atomic E-state index is 0.322. The van der Waals surface area contributed by atoms with Crippen LogP contribution in [-0.2, 0) is 9.47 Å². The van der Waals surface area contributed by atoms with Crippen molar-refractivity contribution in [3.63, 3.8) is 0 Å². The van der Waals surface area contributed by atoms with Crippen LogP contribution in [-0.4, -0.2) is 39.5 Å². The zero-order chi connectivity index (χ0) is 32.9. The van der Waals surface area contributed by atoms with Crippen LogP contribution in [0, 0.1) is 0 Å². The summed E-state index contributed by atoms with van der Waals surface area (Å²) in [6.45, 7) is 7.22. The molecule has 0 saturated carbocycles. The van der Waals surface area contributed by atoms with Gasteiger partial charge in [0.05, 0.1) is 0 Å². The molecule has 3 heteroatoms. The van der Waals surface area contributed by atoms with E-state index in [1.165, 1.54) is 185 Å². The van der Waals surface area contributed by atoms with Gasteiger partial charge in [0, 0.05) is 0 Å². The maximum absolute atomic E-state index is 6.38. The Labute approximate surface area is 288 Å². The molecule has 0 fully saturated rings. The van der Waals surface area contributed by atoms with E-state index in [0.29, 0.717) is 6.10 Å². The van der Waals surface area contributed by atoms with Gasteiger partial charge in [-0.05, 0) is 25.7 Å². The van der Waals surface area contributed by atoms with Crippen LogP contribution in [0.1, 0.15) is 194 Å². The SMILES string of the molecule is CCCCCCCC/C=C\CCCCCCCCOCC(C[AsH](C)(C)C)OCCCCCCCC/C=C\CCCCCCCC. The molecule has 0 aliphatic carbocycles. The number of ether oxygens (including phenoxy) is 2. The Kier molecular flexibility index (Phi) is 36.8. The van der Waals surface area contributed by atoms with Crippen molar-refractivity contribution >= 4 is 13.6 Å². The van der Waals surface area contributed by atoms with E-state index in [9.17, 15) is 0 Å². The number of allylic oxidation sites excluding steroid dienone is 4. The van der Waals surface area contributed by atoms with E-state index >= 15 is 0 Å². The molecule has 0 heterocycles. The molecule has 0 saturated heterocycles. The average molecular weight is 697 g/mol. The first-order valence-electron chi connectivity index (χ1n) is 20.5. The summed E-state index contributed by atoms with van der Waals surface area (Å²) < 4.78 is 12.5. The maximum atomic E-state index is 6.38. The van der Waals surface area contributed by atoms with Crippen molar-refractivity contribution in [2.75, 3.05) is 19.8 Å².